The molecule has 0 bridgehead atoms. The Morgan fingerprint density at radius 2 is 1.85 bits per heavy atom. The first-order chi connectivity index (χ1) is 9.31. The van der Waals surface area contributed by atoms with E-state index in [-0.39, 0.29) is 10.6 Å². The predicted octanol–water partition coefficient (Wildman–Crippen LogP) is 3.90. The molecule has 0 aliphatic heterocycles. The summed E-state index contributed by atoms with van der Waals surface area (Å²) >= 11 is 6.61. The third-order valence-electron chi connectivity index (χ3n) is 2.78. The van der Waals surface area contributed by atoms with Crippen LogP contribution in [0.5, 0.6) is 0 Å². The van der Waals surface area contributed by atoms with E-state index in [1.807, 2.05) is 13.0 Å². The Hall–Kier alpha value is -1.05. The standard InChI is InChI=1S/C13H12Br2N2O2S/c1-8-10(15)3-2-4-12(8)17-20(18,19)13-7-9(14)5-6-11(13)16/h2-7,17H,16H2,1H3. The van der Waals surface area contributed by atoms with Crippen LogP contribution in [0.4, 0.5) is 11.4 Å². The van der Waals surface area contributed by atoms with Gasteiger partial charge in [-0.2, -0.15) is 0 Å². The number of sulfonamides is 1. The molecule has 0 radical (unpaired) electrons. The molecule has 0 amide bonds. The Labute approximate surface area is 134 Å². The summed E-state index contributed by atoms with van der Waals surface area (Å²) in [4.78, 5) is 0.0475. The fourth-order valence-corrected chi connectivity index (χ4v) is 3.82. The molecule has 3 N–H and O–H groups in total. The fourth-order valence-electron chi connectivity index (χ4n) is 1.66. The molecule has 20 heavy (non-hydrogen) atoms. The number of rotatable bonds is 3. The number of nitrogens with one attached hydrogen (secondary N) is 1. The average molecular weight is 420 g/mol. The molecule has 0 saturated carbocycles. The minimum atomic E-state index is -3.73. The van der Waals surface area contributed by atoms with E-state index in [1.165, 1.54) is 6.07 Å². The molecule has 0 aliphatic rings. The van der Waals surface area contributed by atoms with Crippen molar-refractivity contribution >= 4 is 53.3 Å². The molecule has 0 saturated heterocycles. The summed E-state index contributed by atoms with van der Waals surface area (Å²) in [6.45, 7) is 1.83. The zero-order chi connectivity index (χ0) is 14.9. The van der Waals surface area contributed by atoms with E-state index in [1.54, 1.807) is 24.3 Å². The van der Waals surface area contributed by atoms with Crippen LogP contribution in [0.1, 0.15) is 5.56 Å². The molecule has 4 nitrogen and oxygen atoms in total. The van der Waals surface area contributed by atoms with Crippen LogP contribution in [0.15, 0.2) is 50.2 Å². The summed E-state index contributed by atoms with van der Waals surface area (Å²) in [5, 5.41) is 0. The molecule has 2 rings (SSSR count). The largest absolute Gasteiger partial charge is 0.398 e. The summed E-state index contributed by atoms with van der Waals surface area (Å²) in [6, 6.07) is 10.0. The van der Waals surface area contributed by atoms with Crippen LogP contribution >= 0.6 is 31.9 Å². The molecule has 0 heterocycles. The van der Waals surface area contributed by atoms with Gasteiger partial charge >= 0.3 is 0 Å². The van der Waals surface area contributed by atoms with Gasteiger partial charge in [-0.1, -0.05) is 37.9 Å². The molecule has 2 aromatic rings. The van der Waals surface area contributed by atoms with Gasteiger partial charge in [0.1, 0.15) is 4.90 Å². The normalized spacial score (nSPS) is 11.3. The molecule has 0 aliphatic carbocycles. The number of halogens is 2. The summed E-state index contributed by atoms with van der Waals surface area (Å²) < 4.78 is 28.9. The molecule has 2 aromatic carbocycles. The van der Waals surface area contributed by atoms with Gasteiger partial charge in [-0.25, -0.2) is 8.42 Å². The van der Waals surface area contributed by atoms with Crippen LogP contribution in [-0.2, 0) is 10.0 Å². The van der Waals surface area contributed by atoms with Crippen molar-refractivity contribution < 1.29 is 8.42 Å². The maximum atomic E-state index is 12.4. The van der Waals surface area contributed by atoms with Gasteiger partial charge in [0.15, 0.2) is 0 Å². The van der Waals surface area contributed by atoms with Gasteiger partial charge in [0.25, 0.3) is 10.0 Å². The van der Waals surface area contributed by atoms with Crippen LogP contribution in [0.3, 0.4) is 0 Å². The van der Waals surface area contributed by atoms with Crippen molar-refractivity contribution in [2.24, 2.45) is 0 Å². The smallest absolute Gasteiger partial charge is 0.263 e. The third kappa shape index (κ3) is 3.16. The highest BCUT2D eigenvalue weighted by Gasteiger charge is 2.19. The Kier molecular flexibility index (Phi) is 4.41. The molecule has 0 atom stereocenters. The second kappa shape index (κ2) is 5.75. The van der Waals surface area contributed by atoms with Crippen molar-refractivity contribution in [3.8, 4) is 0 Å². The molecular formula is C13H12Br2N2O2S. The molecule has 7 heteroatoms. The van der Waals surface area contributed by atoms with Gasteiger partial charge in [-0.15, -0.1) is 0 Å². The lowest BCUT2D eigenvalue weighted by Gasteiger charge is -2.13. The predicted molar refractivity (Wildman–Crippen MR) is 88.2 cm³/mol. The van der Waals surface area contributed by atoms with E-state index in [0.29, 0.717) is 10.2 Å². The Bertz CT molecular complexity index is 761. The van der Waals surface area contributed by atoms with Crippen molar-refractivity contribution in [2.45, 2.75) is 11.8 Å². The van der Waals surface area contributed by atoms with E-state index < -0.39 is 10.0 Å². The number of hydrogen-bond donors (Lipinski definition) is 2. The van der Waals surface area contributed by atoms with Crippen molar-refractivity contribution in [1.29, 1.82) is 0 Å². The second-order valence-corrected chi connectivity index (χ2v) is 7.62. The molecule has 0 spiro atoms. The first-order valence-corrected chi connectivity index (χ1v) is 8.71. The van der Waals surface area contributed by atoms with E-state index in [0.717, 1.165) is 10.0 Å². The van der Waals surface area contributed by atoms with E-state index in [9.17, 15) is 8.42 Å². The fraction of sp³-hybridized carbons (Fsp3) is 0.0769. The highest BCUT2D eigenvalue weighted by molar-refractivity contribution is 9.10. The van der Waals surface area contributed by atoms with E-state index in [4.69, 9.17) is 5.73 Å². The monoisotopic (exact) mass is 418 g/mol. The first kappa shape index (κ1) is 15.3. The zero-order valence-electron chi connectivity index (χ0n) is 10.5. The van der Waals surface area contributed by atoms with Gasteiger partial charge in [0, 0.05) is 8.95 Å². The first-order valence-electron chi connectivity index (χ1n) is 5.64. The van der Waals surface area contributed by atoms with Gasteiger partial charge in [-0.3, -0.25) is 4.72 Å². The lowest BCUT2D eigenvalue weighted by Crippen LogP contribution is -2.15. The quantitative estimate of drug-likeness (QED) is 0.741. The van der Waals surface area contributed by atoms with Crippen molar-refractivity contribution in [1.82, 2.24) is 0 Å². The zero-order valence-corrected chi connectivity index (χ0v) is 14.5. The van der Waals surface area contributed by atoms with Crippen LogP contribution in [0, 0.1) is 6.92 Å². The van der Waals surface area contributed by atoms with Gasteiger partial charge in [-0.05, 0) is 42.8 Å². The number of nitrogens with two attached hydrogens (primary N) is 1. The molecule has 0 unspecified atom stereocenters. The van der Waals surface area contributed by atoms with Crippen molar-refractivity contribution in [2.75, 3.05) is 10.5 Å². The molecule has 0 aromatic heterocycles. The van der Waals surface area contributed by atoms with Crippen molar-refractivity contribution in [3.05, 3.63) is 50.9 Å². The third-order valence-corrected chi connectivity index (χ3v) is 5.55. The van der Waals surface area contributed by atoms with Crippen LogP contribution in [-0.4, -0.2) is 8.42 Å². The summed E-state index contributed by atoms with van der Waals surface area (Å²) in [5.41, 5.74) is 7.27. The van der Waals surface area contributed by atoms with Crippen molar-refractivity contribution in [3.63, 3.8) is 0 Å². The topological polar surface area (TPSA) is 72.2 Å². The minimum Gasteiger partial charge on any atom is -0.398 e. The SMILES string of the molecule is Cc1c(Br)cccc1NS(=O)(=O)c1cc(Br)ccc1N. The number of hydrogen-bond acceptors (Lipinski definition) is 3. The highest BCUT2D eigenvalue weighted by Crippen LogP contribution is 2.28. The van der Waals surface area contributed by atoms with Gasteiger partial charge in [0.2, 0.25) is 0 Å². The number of anilines is 2. The number of nitrogen functional groups attached to an aromatic ring is 1. The lowest BCUT2D eigenvalue weighted by atomic mass is 10.2. The van der Waals surface area contributed by atoms with E-state index >= 15 is 0 Å². The second-order valence-electron chi connectivity index (χ2n) is 4.20. The average Bonchev–Trinajstić information content (AvgIpc) is 2.37. The highest BCUT2D eigenvalue weighted by atomic mass is 79.9. The Morgan fingerprint density at radius 1 is 1.15 bits per heavy atom. The Balaban J connectivity index is 2.46. The maximum Gasteiger partial charge on any atom is 0.263 e. The van der Waals surface area contributed by atoms with Gasteiger partial charge < -0.3 is 5.73 Å². The van der Waals surface area contributed by atoms with Crippen LogP contribution in [0.25, 0.3) is 0 Å². The van der Waals surface area contributed by atoms with E-state index in [2.05, 4.69) is 36.6 Å². The van der Waals surface area contributed by atoms with Gasteiger partial charge in [0.05, 0.1) is 11.4 Å². The number of benzene rings is 2. The molecular weight excluding hydrogens is 408 g/mol. The minimum absolute atomic E-state index is 0.0475. The maximum absolute atomic E-state index is 12.4. The molecule has 106 valence electrons. The summed E-state index contributed by atoms with van der Waals surface area (Å²) in [6.07, 6.45) is 0. The van der Waals surface area contributed by atoms with Crippen LogP contribution < -0.4 is 10.5 Å². The Morgan fingerprint density at radius 3 is 2.55 bits per heavy atom. The molecule has 0 fully saturated rings. The summed E-state index contributed by atoms with van der Waals surface area (Å²) in [5.74, 6) is 0. The lowest BCUT2D eigenvalue weighted by molar-refractivity contribution is 0.601. The van der Waals surface area contributed by atoms with Crippen LogP contribution in [0.2, 0.25) is 0 Å². The summed E-state index contributed by atoms with van der Waals surface area (Å²) in [7, 11) is -3.73.